The Bertz CT molecular complexity index is 1130. The summed E-state index contributed by atoms with van der Waals surface area (Å²) >= 11 is 0. The van der Waals surface area contributed by atoms with Crippen LogP contribution < -0.4 is 9.47 Å². The number of rotatable bonds is 22. The molecule has 3 aromatic carbocycles. The Morgan fingerprint density at radius 3 is 1.98 bits per heavy atom. The van der Waals surface area contributed by atoms with Gasteiger partial charge in [-0.3, -0.25) is 4.79 Å². The molecule has 3 nitrogen and oxygen atoms in total. The number of hydrogen-bond acceptors (Lipinski definition) is 3. The van der Waals surface area contributed by atoms with Gasteiger partial charge in [-0.25, -0.2) is 0 Å². The lowest BCUT2D eigenvalue weighted by molar-refractivity contribution is 0.0963. The van der Waals surface area contributed by atoms with Crippen LogP contribution in [0.3, 0.4) is 0 Å². The predicted molar refractivity (Wildman–Crippen MR) is 174 cm³/mol. The lowest BCUT2D eigenvalue weighted by atomic mass is 9.97. The van der Waals surface area contributed by atoms with Gasteiger partial charge in [0.25, 0.3) is 0 Å². The van der Waals surface area contributed by atoms with Crippen LogP contribution in [0.4, 0.5) is 0 Å². The Kier molecular flexibility index (Phi) is 15.4. The van der Waals surface area contributed by atoms with E-state index in [0.717, 1.165) is 52.8 Å². The second-order valence-corrected chi connectivity index (χ2v) is 11.9. The summed E-state index contributed by atoms with van der Waals surface area (Å²) in [6, 6.07) is 20.3. The first kappa shape index (κ1) is 32.7. The molecule has 41 heavy (non-hydrogen) atoms. The van der Waals surface area contributed by atoms with Crippen LogP contribution in [-0.4, -0.2) is 12.4 Å². The topological polar surface area (TPSA) is 35.5 Å². The monoisotopic (exact) mass is 558 g/mol. The lowest BCUT2D eigenvalue weighted by Gasteiger charge is -2.12. The standard InChI is InChI=1S/C38H54O3/c1-4-6-7-8-9-10-11-12-13-14-15-16-17-27-40-35-25-26-36-34(29-35)19-18-20-38(36)41-30-32-21-23-33(24-22-32)37(39)28-31(3)5-2/h18-26,29,31H,4-17,27-28,30H2,1-3H3/t31-/m1/s1. The number of unbranched alkanes of at least 4 members (excludes halogenated alkanes) is 12. The van der Waals surface area contributed by atoms with Crippen LogP contribution in [0.5, 0.6) is 11.5 Å². The summed E-state index contributed by atoms with van der Waals surface area (Å²) in [7, 11) is 0. The summed E-state index contributed by atoms with van der Waals surface area (Å²) in [5.74, 6) is 2.42. The average Bonchev–Trinajstić information content (AvgIpc) is 3.00. The second-order valence-electron chi connectivity index (χ2n) is 11.9. The maximum absolute atomic E-state index is 12.4. The first-order valence-electron chi connectivity index (χ1n) is 16.5. The molecule has 1 atom stereocenters. The fourth-order valence-corrected chi connectivity index (χ4v) is 5.28. The summed E-state index contributed by atoms with van der Waals surface area (Å²) in [6.07, 6.45) is 19.3. The van der Waals surface area contributed by atoms with E-state index in [9.17, 15) is 4.79 Å². The Morgan fingerprint density at radius 2 is 1.34 bits per heavy atom. The molecule has 224 valence electrons. The number of carbonyl (C=O) groups excluding carboxylic acids is 1. The largest absolute Gasteiger partial charge is 0.494 e. The van der Waals surface area contributed by atoms with E-state index < -0.39 is 0 Å². The minimum Gasteiger partial charge on any atom is -0.494 e. The molecule has 0 amide bonds. The molecule has 0 fully saturated rings. The summed E-state index contributed by atoms with van der Waals surface area (Å²) < 4.78 is 12.3. The molecule has 0 aromatic heterocycles. The Labute approximate surface area is 250 Å². The van der Waals surface area contributed by atoms with Gasteiger partial charge in [0.05, 0.1) is 6.61 Å². The van der Waals surface area contributed by atoms with Crippen molar-refractivity contribution in [1.29, 1.82) is 0 Å². The van der Waals surface area contributed by atoms with Crippen LogP contribution in [0.1, 0.15) is 133 Å². The van der Waals surface area contributed by atoms with E-state index in [0.29, 0.717) is 18.9 Å². The van der Waals surface area contributed by atoms with Crippen LogP contribution in [0, 0.1) is 5.92 Å². The molecular formula is C38H54O3. The van der Waals surface area contributed by atoms with Gasteiger partial charge in [0, 0.05) is 17.4 Å². The number of carbonyl (C=O) groups is 1. The van der Waals surface area contributed by atoms with Gasteiger partial charge in [-0.1, -0.05) is 141 Å². The highest BCUT2D eigenvalue weighted by Crippen LogP contribution is 2.29. The van der Waals surface area contributed by atoms with Gasteiger partial charge in [-0.15, -0.1) is 0 Å². The number of hydrogen-bond donors (Lipinski definition) is 0. The zero-order valence-electron chi connectivity index (χ0n) is 26.1. The van der Waals surface area contributed by atoms with Gasteiger partial charge in [0.15, 0.2) is 5.78 Å². The number of benzene rings is 3. The zero-order chi connectivity index (χ0) is 29.1. The first-order chi connectivity index (χ1) is 20.1. The van der Waals surface area contributed by atoms with Crippen LogP contribution in [0.25, 0.3) is 10.8 Å². The van der Waals surface area contributed by atoms with Crippen molar-refractivity contribution in [2.45, 2.75) is 124 Å². The summed E-state index contributed by atoms with van der Waals surface area (Å²) in [6.45, 7) is 7.78. The van der Waals surface area contributed by atoms with E-state index in [1.54, 1.807) is 0 Å². The summed E-state index contributed by atoms with van der Waals surface area (Å²) in [4.78, 5) is 12.4. The van der Waals surface area contributed by atoms with E-state index >= 15 is 0 Å². The molecule has 0 heterocycles. The molecule has 3 aromatic rings. The van der Waals surface area contributed by atoms with E-state index in [-0.39, 0.29) is 5.78 Å². The second kappa shape index (κ2) is 19.3. The Hall–Kier alpha value is -2.81. The molecular weight excluding hydrogens is 504 g/mol. The highest BCUT2D eigenvalue weighted by molar-refractivity contribution is 5.96. The SMILES string of the molecule is CCCCCCCCCCCCCCCOc1ccc2c(OCc3ccc(C(=O)C[C@H](C)CC)cc3)cccc2c1. The third-order valence-corrected chi connectivity index (χ3v) is 8.23. The van der Waals surface area contributed by atoms with Crippen LogP contribution in [0.15, 0.2) is 60.7 Å². The summed E-state index contributed by atoms with van der Waals surface area (Å²) in [5, 5.41) is 2.21. The van der Waals surface area contributed by atoms with E-state index in [1.165, 1.54) is 77.0 Å². The van der Waals surface area contributed by atoms with Gasteiger partial charge in [-0.2, -0.15) is 0 Å². The molecule has 3 heteroatoms. The first-order valence-corrected chi connectivity index (χ1v) is 16.5. The van der Waals surface area contributed by atoms with Crippen molar-refractivity contribution >= 4 is 16.6 Å². The van der Waals surface area contributed by atoms with Crippen molar-refractivity contribution in [1.82, 2.24) is 0 Å². The molecule has 0 saturated carbocycles. The maximum Gasteiger partial charge on any atom is 0.163 e. The van der Waals surface area contributed by atoms with E-state index in [4.69, 9.17) is 9.47 Å². The molecule has 0 spiro atoms. The minimum atomic E-state index is 0.216. The molecule has 0 unspecified atom stereocenters. The highest BCUT2D eigenvalue weighted by Gasteiger charge is 2.10. The quantitative estimate of drug-likeness (QED) is 0.0908. The molecule has 0 saturated heterocycles. The Balaban J connectivity index is 1.34. The Morgan fingerprint density at radius 1 is 0.707 bits per heavy atom. The van der Waals surface area contributed by atoms with Crippen molar-refractivity contribution in [3.05, 3.63) is 71.8 Å². The third-order valence-electron chi connectivity index (χ3n) is 8.23. The molecule has 0 aliphatic heterocycles. The number of ketones is 1. The predicted octanol–water partition coefficient (Wildman–Crippen LogP) is 11.5. The van der Waals surface area contributed by atoms with Crippen molar-refractivity contribution < 1.29 is 14.3 Å². The third kappa shape index (κ3) is 12.3. The van der Waals surface area contributed by atoms with Gasteiger partial charge in [0.2, 0.25) is 0 Å². The van der Waals surface area contributed by atoms with E-state index in [2.05, 4.69) is 45.0 Å². The van der Waals surface area contributed by atoms with Crippen LogP contribution in [-0.2, 0) is 6.61 Å². The van der Waals surface area contributed by atoms with Crippen LogP contribution >= 0.6 is 0 Å². The van der Waals surface area contributed by atoms with E-state index in [1.807, 2.05) is 36.4 Å². The summed E-state index contributed by atoms with van der Waals surface area (Å²) in [5.41, 5.74) is 1.84. The molecule has 3 rings (SSSR count). The molecule has 0 aliphatic rings. The molecule has 0 aliphatic carbocycles. The van der Waals surface area contributed by atoms with Gasteiger partial charge in [0.1, 0.15) is 18.1 Å². The molecule has 0 bridgehead atoms. The fraction of sp³-hybridized carbons (Fsp3) is 0.553. The number of fused-ring (bicyclic) bond motifs is 1. The van der Waals surface area contributed by atoms with Crippen molar-refractivity contribution in [2.24, 2.45) is 5.92 Å². The molecule has 0 N–H and O–H groups in total. The van der Waals surface area contributed by atoms with Crippen molar-refractivity contribution in [3.8, 4) is 11.5 Å². The van der Waals surface area contributed by atoms with Crippen molar-refractivity contribution in [3.63, 3.8) is 0 Å². The smallest absolute Gasteiger partial charge is 0.163 e. The number of ether oxygens (including phenoxy) is 2. The highest BCUT2D eigenvalue weighted by atomic mass is 16.5. The normalized spacial score (nSPS) is 12.0. The lowest BCUT2D eigenvalue weighted by Crippen LogP contribution is -2.05. The fourth-order valence-electron chi connectivity index (χ4n) is 5.28. The average molecular weight is 559 g/mol. The molecule has 0 radical (unpaired) electrons. The zero-order valence-corrected chi connectivity index (χ0v) is 26.1. The van der Waals surface area contributed by atoms with Crippen molar-refractivity contribution in [2.75, 3.05) is 6.61 Å². The maximum atomic E-state index is 12.4. The van der Waals surface area contributed by atoms with Gasteiger partial charge >= 0.3 is 0 Å². The van der Waals surface area contributed by atoms with Gasteiger partial charge < -0.3 is 9.47 Å². The van der Waals surface area contributed by atoms with Gasteiger partial charge in [-0.05, 0) is 47.6 Å². The number of Topliss-reactive ketones (excluding diaryl/α,β-unsaturated/α-hetero) is 1. The van der Waals surface area contributed by atoms with Crippen LogP contribution in [0.2, 0.25) is 0 Å². The minimum absolute atomic E-state index is 0.216.